The molecule has 1 amide bonds. The lowest BCUT2D eigenvalue weighted by Crippen LogP contribution is -2.30. The SMILES string of the molecule is CN(Cc1cccs1)C(=O)COc1ccccc1C(=O)O. The quantitative estimate of drug-likeness (QED) is 0.890. The maximum atomic E-state index is 12.0. The van der Waals surface area contributed by atoms with Crippen molar-refractivity contribution >= 4 is 23.2 Å². The molecule has 1 aromatic carbocycles. The smallest absolute Gasteiger partial charge is 0.339 e. The minimum absolute atomic E-state index is 0.0474. The molecule has 0 spiro atoms. The molecule has 0 aliphatic rings. The van der Waals surface area contributed by atoms with Crippen molar-refractivity contribution in [3.63, 3.8) is 0 Å². The number of aromatic carboxylic acids is 1. The van der Waals surface area contributed by atoms with Crippen LogP contribution in [0.15, 0.2) is 41.8 Å². The van der Waals surface area contributed by atoms with Crippen LogP contribution in [0.2, 0.25) is 0 Å². The maximum absolute atomic E-state index is 12.0. The number of rotatable bonds is 6. The number of hydrogen-bond acceptors (Lipinski definition) is 4. The van der Waals surface area contributed by atoms with Gasteiger partial charge in [0.05, 0.1) is 6.54 Å². The van der Waals surface area contributed by atoms with Gasteiger partial charge in [0, 0.05) is 11.9 Å². The van der Waals surface area contributed by atoms with E-state index in [0.717, 1.165) is 4.88 Å². The summed E-state index contributed by atoms with van der Waals surface area (Å²) in [4.78, 5) is 25.7. The van der Waals surface area contributed by atoms with Crippen LogP contribution in [0, 0.1) is 0 Å². The highest BCUT2D eigenvalue weighted by Crippen LogP contribution is 2.18. The molecular weight excluding hydrogens is 290 g/mol. The number of carbonyl (C=O) groups is 2. The van der Waals surface area contributed by atoms with Gasteiger partial charge in [0.2, 0.25) is 0 Å². The number of carboxylic acid groups (broad SMARTS) is 1. The van der Waals surface area contributed by atoms with Gasteiger partial charge < -0.3 is 14.7 Å². The van der Waals surface area contributed by atoms with Crippen molar-refractivity contribution in [3.05, 3.63) is 52.2 Å². The lowest BCUT2D eigenvalue weighted by molar-refractivity contribution is -0.132. The molecule has 2 rings (SSSR count). The molecule has 0 fully saturated rings. The summed E-state index contributed by atoms with van der Waals surface area (Å²) in [5, 5.41) is 11.0. The molecule has 0 saturated heterocycles. The monoisotopic (exact) mass is 305 g/mol. The fourth-order valence-corrected chi connectivity index (χ4v) is 2.50. The summed E-state index contributed by atoms with van der Waals surface area (Å²) >= 11 is 1.58. The number of carbonyl (C=O) groups excluding carboxylic acids is 1. The fraction of sp³-hybridized carbons (Fsp3) is 0.200. The van der Waals surface area contributed by atoms with Crippen LogP contribution < -0.4 is 4.74 Å². The highest BCUT2D eigenvalue weighted by molar-refractivity contribution is 7.09. The third-order valence-electron chi connectivity index (χ3n) is 2.87. The van der Waals surface area contributed by atoms with Gasteiger partial charge in [-0.3, -0.25) is 4.79 Å². The number of ether oxygens (including phenoxy) is 1. The van der Waals surface area contributed by atoms with Crippen molar-refractivity contribution in [1.82, 2.24) is 4.90 Å². The average molecular weight is 305 g/mol. The number of carboxylic acids is 1. The third-order valence-corrected chi connectivity index (χ3v) is 3.73. The van der Waals surface area contributed by atoms with E-state index in [-0.39, 0.29) is 23.8 Å². The van der Waals surface area contributed by atoms with E-state index in [1.54, 1.807) is 35.4 Å². The Balaban J connectivity index is 1.93. The van der Waals surface area contributed by atoms with Crippen LogP contribution in [0.4, 0.5) is 0 Å². The van der Waals surface area contributed by atoms with Crippen molar-refractivity contribution in [2.75, 3.05) is 13.7 Å². The van der Waals surface area contributed by atoms with Crippen molar-refractivity contribution in [1.29, 1.82) is 0 Å². The van der Waals surface area contributed by atoms with Crippen LogP contribution in [0.25, 0.3) is 0 Å². The molecule has 1 heterocycles. The van der Waals surface area contributed by atoms with E-state index in [2.05, 4.69) is 0 Å². The summed E-state index contributed by atoms with van der Waals surface area (Å²) < 4.78 is 5.33. The van der Waals surface area contributed by atoms with Crippen molar-refractivity contribution in [2.45, 2.75) is 6.54 Å². The Morgan fingerprint density at radius 2 is 2.00 bits per heavy atom. The fourth-order valence-electron chi connectivity index (χ4n) is 1.74. The first-order valence-electron chi connectivity index (χ1n) is 6.29. The van der Waals surface area contributed by atoms with Crippen molar-refractivity contribution in [2.24, 2.45) is 0 Å². The number of likely N-dealkylation sites (N-methyl/N-ethyl adjacent to an activating group) is 1. The molecule has 2 aromatic rings. The summed E-state index contributed by atoms with van der Waals surface area (Å²) in [7, 11) is 1.69. The van der Waals surface area contributed by atoms with Gasteiger partial charge in [-0.15, -0.1) is 11.3 Å². The zero-order chi connectivity index (χ0) is 15.2. The van der Waals surface area contributed by atoms with E-state index >= 15 is 0 Å². The lowest BCUT2D eigenvalue weighted by atomic mass is 10.2. The minimum Gasteiger partial charge on any atom is -0.483 e. The van der Waals surface area contributed by atoms with E-state index in [4.69, 9.17) is 9.84 Å². The molecule has 110 valence electrons. The highest BCUT2D eigenvalue weighted by Gasteiger charge is 2.14. The Labute approximate surface area is 126 Å². The van der Waals surface area contributed by atoms with E-state index < -0.39 is 5.97 Å². The third kappa shape index (κ3) is 4.06. The number of amides is 1. The first-order valence-corrected chi connectivity index (χ1v) is 7.17. The van der Waals surface area contributed by atoms with Crippen LogP contribution in [-0.4, -0.2) is 35.5 Å². The van der Waals surface area contributed by atoms with Gasteiger partial charge in [0.15, 0.2) is 6.61 Å². The molecule has 0 aliphatic carbocycles. The predicted octanol–water partition coefficient (Wildman–Crippen LogP) is 2.48. The largest absolute Gasteiger partial charge is 0.483 e. The summed E-state index contributed by atoms with van der Waals surface area (Å²) in [5.41, 5.74) is 0.0474. The summed E-state index contributed by atoms with van der Waals surface area (Å²) in [5.74, 6) is -1.09. The second-order valence-corrected chi connectivity index (χ2v) is 5.45. The average Bonchev–Trinajstić information content (AvgIpc) is 2.97. The normalized spacial score (nSPS) is 10.1. The van der Waals surface area contributed by atoms with Crippen LogP contribution in [-0.2, 0) is 11.3 Å². The van der Waals surface area contributed by atoms with Crippen molar-refractivity contribution in [3.8, 4) is 5.75 Å². The Bertz CT molecular complexity index is 624. The highest BCUT2D eigenvalue weighted by atomic mass is 32.1. The second kappa shape index (κ2) is 6.90. The Morgan fingerprint density at radius 1 is 1.24 bits per heavy atom. The molecule has 0 atom stereocenters. The minimum atomic E-state index is -1.08. The van der Waals surface area contributed by atoms with Crippen LogP contribution in [0.1, 0.15) is 15.2 Å². The molecule has 0 saturated carbocycles. The number of thiophene rings is 1. The molecule has 5 nitrogen and oxygen atoms in total. The zero-order valence-corrected chi connectivity index (χ0v) is 12.3. The molecule has 1 aromatic heterocycles. The van der Waals surface area contributed by atoms with Gasteiger partial charge in [0.25, 0.3) is 5.91 Å². The molecule has 0 aliphatic heterocycles. The second-order valence-electron chi connectivity index (χ2n) is 4.42. The molecule has 0 bridgehead atoms. The number of hydrogen-bond donors (Lipinski definition) is 1. The molecular formula is C15H15NO4S. The van der Waals surface area contributed by atoms with Gasteiger partial charge in [-0.05, 0) is 23.6 Å². The first-order chi connectivity index (χ1) is 10.1. The van der Waals surface area contributed by atoms with Crippen LogP contribution in [0.5, 0.6) is 5.75 Å². The topological polar surface area (TPSA) is 66.8 Å². The van der Waals surface area contributed by atoms with Gasteiger partial charge in [0.1, 0.15) is 11.3 Å². The standard InChI is InChI=1S/C15H15NO4S/c1-16(9-11-5-4-8-21-11)14(17)10-20-13-7-3-2-6-12(13)15(18)19/h2-8H,9-10H2,1H3,(H,18,19). The van der Waals surface area contributed by atoms with Gasteiger partial charge in [-0.2, -0.15) is 0 Å². The van der Waals surface area contributed by atoms with E-state index in [9.17, 15) is 9.59 Å². The van der Waals surface area contributed by atoms with E-state index in [1.807, 2.05) is 17.5 Å². The molecule has 1 N–H and O–H groups in total. The Kier molecular flexibility index (Phi) is 4.94. The summed E-state index contributed by atoms with van der Waals surface area (Å²) in [6.07, 6.45) is 0. The molecule has 0 radical (unpaired) electrons. The molecule has 6 heteroatoms. The zero-order valence-electron chi connectivity index (χ0n) is 11.5. The Hall–Kier alpha value is -2.34. The molecule has 21 heavy (non-hydrogen) atoms. The summed E-state index contributed by atoms with van der Waals surface area (Å²) in [6.45, 7) is 0.326. The summed E-state index contributed by atoms with van der Waals surface area (Å²) in [6, 6.07) is 10.1. The number of nitrogens with zero attached hydrogens (tertiary/aromatic N) is 1. The molecule has 0 unspecified atom stereocenters. The van der Waals surface area contributed by atoms with Gasteiger partial charge in [-0.25, -0.2) is 4.79 Å². The van der Waals surface area contributed by atoms with Crippen LogP contribution in [0.3, 0.4) is 0 Å². The van der Waals surface area contributed by atoms with Crippen molar-refractivity contribution < 1.29 is 19.4 Å². The number of para-hydroxylation sites is 1. The van der Waals surface area contributed by atoms with Crippen LogP contribution >= 0.6 is 11.3 Å². The van der Waals surface area contributed by atoms with Gasteiger partial charge >= 0.3 is 5.97 Å². The number of benzene rings is 1. The predicted molar refractivity (Wildman–Crippen MR) is 79.7 cm³/mol. The van der Waals surface area contributed by atoms with Gasteiger partial charge in [-0.1, -0.05) is 18.2 Å². The van der Waals surface area contributed by atoms with E-state index in [1.165, 1.54) is 12.1 Å². The lowest BCUT2D eigenvalue weighted by Gasteiger charge is -2.17. The maximum Gasteiger partial charge on any atom is 0.339 e. The Morgan fingerprint density at radius 3 is 2.67 bits per heavy atom. The first kappa shape index (κ1) is 15.1. The van der Waals surface area contributed by atoms with E-state index in [0.29, 0.717) is 6.54 Å².